The Morgan fingerprint density at radius 2 is 2.00 bits per heavy atom. The van der Waals surface area contributed by atoms with E-state index in [1.54, 1.807) is 11.8 Å². The molecule has 0 aromatic carbocycles. The first-order valence-electron chi connectivity index (χ1n) is 6.01. The van der Waals surface area contributed by atoms with Crippen LogP contribution in [-0.2, 0) is 9.59 Å². The summed E-state index contributed by atoms with van der Waals surface area (Å²) in [5, 5.41) is 13.5. The van der Waals surface area contributed by atoms with Gasteiger partial charge in [0.25, 0.3) is 0 Å². The van der Waals surface area contributed by atoms with Gasteiger partial charge in [-0.2, -0.15) is 11.8 Å². The molecule has 0 bridgehead atoms. The SMILES string of the molecule is CSCCC(NC(N)=O)C(=O)NCCCCC(=O)O. The Hall–Kier alpha value is -1.44. The van der Waals surface area contributed by atoms with Crippen molar-refractivity contribution in [3.8, 4) is 0 Å². The molecule has 0 aromatic rings. The Morgan fingerprint density at radius 1 is 1.32 bits per heavy atom. The molecule has 110 valence electrons. The molecule has 3 amide bonds. The molecule has 0 saturated heterocycles. The van der Waals surface area contributed by atoms with Crippen LogP contribution in [0, 0.1) is 0 Å². The molecule has 1 atom stereocenters. The van der Waals surface area contributed by atoms with E-state index in [1.165, 1.54) is 0 Å². The van der Waals surface area contributed by atoms with Crippen molar-refractivity contribution in [1.82, 2.24) is 10.6 Å². The van der Waals surface area contributed by atoms with Crippen LogP contribution in [0.3, 0.4) is 0 Å². The highest BCUT2D eigenvalue weighted by Crippen LogP contribution is 2.01. The molecule has 7 nitrogen and oxygen atoms in total. The van der Waals surface area contributed by atoms with Gasteiger partial charge >= 0.3 is 12.0 Å². The summed E-state index contributed by atoms with van der Waals surface area (Å²) in [7, 11) is 0. The lowest BCUT2D eigenvalue weighted by Gasteiger charge is -2.16. The van der Waals surface area contributed by atoms with Gasteiger partial charge in [0.15, 0.2) is 0 Å². The molecular weight excluding hydrogens is 270 g/mol. The van der Waals surface area contributed by atoms with E-state index in [0.29, 0.717) is 25.8 Å². The maximum atomic E-state index is 11.8. The zero-order chi connectivity index (χ0) is 14.7. The number of nitrogens with one attached hydrogen (secondary N) is 2. The molecule has 0 fully saturated rings. The van der Waals surface area contributed by atoms with Gasteiger partial charge < -0.3 is 21.5 Å². The van der Waals surface area contributed by atoms with Gasteiger partial charge in [-0.3, -0.25) is 9.59 Å². The van der Waals surface area contributed by atoms with Crippen molar-refractivity contribution in [1.29, 1.82) is 0 Å². The number of rotatable bonds is 10. The van der Waals surface area contributed by atoms with Crippen LogP contribution in [0.4, 0.5) is 4.79 Å². The second-order valence-corrected chi connectivity index (χ2v) is 4.97. The minimum atomic E-state index is -0.848. The zero-order valence-electron chi connectivity index (χ0n) is 11.0. The predicted molar refractivity (Wildman–Crippen MR) is 74.0 cm³/mol. The molecule has 1 unspecified atom stereocenters. The lowest BCUT2D eigenvalue weighted by Crippen LogP contribution is -2.49. The van der Waals surface area contributed by atoms with E-state index in [0.717, 1.165) is 5.75 Å². The molecule has 0 saturated carbocycles. The first-order valence-corrected chi connectivity index (χ1v) is 7.41. The fourth-order valence-corrected chi connectivity index (χ4v) is 1.88. The van der Waals surface area contributed by atoms with Gasteiger partial charge in [0.05, 0.1) is 0 Å². The first-order chi connectivity index (χ1) is 8.97. The molecule has 5 N–H and O–H groups in total. The van der Waals surface area contributed by atoms with Crippen molar-refractivity contribution >= 4 is 29.7 Å². The number of nitrogens with two attached hydrogens (primary N) is 1. The molecular formula is C11H21N3O4S. The average Bonchev–Trinajstić information content (AvgIpc) is 2.32. The number of aliphatic carboxylic acids is 1. The summed E-state index contributed by atoms with van der Waals surface area (Å²) in [5.74, 6) is -0.403. The lowest BCUT2D eigenvalue weighted by molar-refractivity contribution is -0.137. The number of hydrogen-bond acceptors (Lipinski definition) is 4. The number of amides is 3. The number of carbonyl (C=O) groups is 3. The van der Waals surface area contributed by atoms with Crippen molar-refractivity contribution in [2.45, 2.75) is 31.7 Å². The maximum Gasteiger partial charge on any atom is 0.312 e. The number of carboxylic acids is 1. The molecule has 0 aromatic heterocycles. The van der Waals surface area contributed by atoms with E-state index < -0.39 is 18.0 Å². The molecule has 0 rings (SSSR count). The minimum Gasteiger partial charge on any atom is -0.481 e. The number of thioether (sulfide) groups is 1. The van der Waals surface area contributed by atoms with E-state index in [-0.39, 0.29) is 12.3 Å². The molecule has 8 heteroatoms. The minimum absolute atomic E-state index is 0.0886. The first kappa shape index (κ1) is 17.6. The molecule has 19 heavy (non-hydrogen) atoms. The fraction of sp³-hybridized carbons (Fsp3) is 0.727. The van der Waals surface area contributed by atoms with E-state index in [2.05, 4.69) is 10.6 Å². The van der Waals surface area contributed by atoms with Crippen molar-refractivity contribution in [2.75, 3.05) is 18.6 Å². The van der Waals surface area contributed by atoms with Crippen molar-refractivity contribution in [3.05, 3.63) is 0 Å². The van der Waals surface area contributed by atoms with Crippen LogP contribution in [0.5, 0.6) is 0 Å². The summed E-state index contributed by atoms with van der Waals surface area (Å²) in [6, 6.07) is -1.36. The Balaban J connectivity index is 3.95. The third kappa shape index (κ3) is 10.2. The monoisotopic (exact) mass is 291 g/mol. The summed E-state index contributed by atoms with van der Waals surface area (Å²) in [6.07, 6.45) is 3.60. The smallest absolute Gasteiger partial charge is 0.312 e. The van der Waals surface area contributed by atoms with Crippen LogP contribution in [-0.4, -0.2) is 47.6 Å². The summed E-state index contributed by atoms with van der Waals surface area (Å²) >= 11 is 1.57. The Kier molecular flexibility index (Phi) is 9.69. The average molecular weight is 291 g/mol. The number of carboxylic acid groups (broad SMARTS) is 1. The van der Waals surface area contributed by atoms with Crippen LogP contribution in [0.2, 0.25) is 0 Å². The van der Waals surface area contributed by atoms with Gasteiger partial charge in [0, 0.05) is 13.0 Å². The van der Waals surface area contributed by atoms with Gasteiger partial charge in [-0.15, -0.1) is 0 Å². The van der Waals surface area contributed by atoms with Crippen LogP contribution in [0.1, 0.15) is 25.7 Å². The highest BCUT2D eigenvalue weighted by atomic mass is 32.2. The van der Waals surface area contributed by atoms with Crippen molar-refractivity contribution in [2.24, 2.45) is 5.73 Å². The third-order valence-electron chi connectivity index (χ3n) is 2.36. The van der Waals surface area contributed by atoms with Gasteiger partial charge in [0.2, 0.25) is 5.91 Å². The summed E-state index contributed by atoms with van der Waals surface area (Å²) in [6.45, 7) is 0.391. The van der Waals surface area contributed by atoms with Crippen molar-refractivity contribution in [3.63, 3.8) is 0 Å². The van der Waals surface area contributed by atoms with E-state index >= 15 is 0 Å². The Labute approximate surface area is 116 Å². The molecule has 0 aliphatic rings. The fourth-order valence-electron chi connectivity index (χ4n) is 1.41. The maximum absolute atomic E-state index is 11.8. The lowest BCUT2D eigenvalue weighted by atomic mass is 10.2. The highest BCUT2D eigenvalue weighted by molar-refractivity contribution is 7.98. The highest BCUT2D eigenvalue weighted by Gasteiger charge is 2.18. The van der Waals surface area contributed by atoms with E-state index in [1.807, 2.05) is 6.26 Å². The van der Waals surface area contributed by atoms with Crippen molar-refractivity contribution < 1.29 is 19.5 Å². The third-order valence-corrected chi connectivity index (χ3v) is 3.00. The number of carbonyl (C=O) groups excluding carboxylic acids is 2. The van der Waals surface area contributed by atoms with E-state index in [4.69, 9.17) is 10.8 Å². The zero-order valence-corrected chi connectivity index (χ0v) is 11.8. The summed E-state index contributed by atoms with van der Waals surface area (Å²) in [5.41, 5.74) is 5.01. The van der Waals surface area contributed by atoms with Gasteiger partial charge in [-0.1, -0.05) is 0 Å². The molecule has 0 spiro atoms. The number of primary amides is 1. The number of urea groups is 1. The van der Waals surface area contributed by atoms with Gasteiger partial charge in [-0.25, -0.2) is 4.79 Å². The predicted octanol–water partition coefficient (Wildman–Crippen LogP) is 0.148. The topological polar surface area (TPSA) is 122 Å². The quantitative estimate of drug-likeness (QED) is 0.427. The Morgan fingerprint density at radius 3 is 2.53 bits per heavy atom. The summed E-state index contributed by atoms with van der Waals surface area (Å²) in [4.78, 5) is 32.9. The second-order valence-electron chi connectivity index (χ2n) is 3.98. The van der Waals surface area contributed by atoms with Crippen LogP contribution in [0.15, 0.2) is 0 Å². The van der Waals surface area contributed by atoms with Crippen LogP contribution in [0.25, 0.3) is 0 Å². The standard InChI is InChI=1S/C11H21N3O4S/c1-19-7-5-8(14-11(12)18)10(17)13-6-3-2-4-9(15)16/h8H,2-7H2,1H3,(H,13,17)(H,15,16)(H3,12,14,18). The second kappa shape index (κ2) is 10.5. The molecule has 0 radical (unpaired) electrons. The van der Waals surface area contributed by atoms with Crippen LogP contribution >= 0.6 is 11.8 Å². The molecule has 0 aliphatic carbocycles. The molecule has 0 heterocycles. The number of hydrogen-bond donors (Lipinski definition) is 4. The summed E-state index contributed by atoms with van der Waals surface area (Å²) < 4.78 is 0. The Bertz CT molecular complexity index is 312. The van der Waals surface area contributed by atoms with Crippen LogP contribution < -0.4 is 16.4 Å². The van der Waals surface area contributed by atoms with Gasteiger partial charge in [-0.05, 0) is 31.3 Å². The number of unbranched alkanes of at least 4 members (excludes halogenated alkanes) is 1. The molecule has 0 aliphatic heterocycles. The normalized spacial score (nSPS) is 11.6. The van der Waals surface area contributed by atoms with E-state index in [9.17, 15) is 14.4 Å². The van der Waals surface area contributed by atoms with Gasteiger partial charge in [0.1, 0.15) is 6.04 Å². The largest absolute Gasteiger partial charge is 0.481 e.